The molecule has 0 bridgehead atoms. The van der Waals surface area contributed by atoms with Gasteiger partial charge in [0.25, 0.3) is 0 Å². The number of carbonyl (C=O) groups is 2. The van der Waals surface area contributed by atoms with Gasteiger partial charge in [0.15, 0.2) is 0 Å². The van der Waals surface area contributed by atoms with E-state index >= 15 is 0 Å². The van der Waals surface area contributed by atoms with Crippen LogP contribution >= 0.6 is 0 Å². The lowest BCUT2D eigenvalue weighted by Crippen LogP contribution is -2.36. The number of nitrogens with one attached hydrogen (secondary N) is 1. The molecule has 5 heteroatoms. The van der Waals surface area contributed by atoms with Gasteiger partial charge in [-0.05, 0) is 24.6 Å². The Morgan fingerprint density at radius 2 is 1.88 bits per heavy atom. The van der Waals surface area contributed by atoms with E-state index in [0.29, 0.717) is 13.1 Å². The predicted molar refractivity (Wildman–Crippen MR) is 63.9 cm³/mol. The van der Waals surface area contributed by atoms with Crippen LogP contribution < -0.4 is 5.32 Å². The van der Waals surface area contributed by atoms with Crippen molar-refractivity contribution in [2.24, 2.45) is 0 Å². The molecular formula is C12H16N2O3. The molecule has 17 heavy (non-hydrogen) atoms. The zero-order chi connectivity index (χ0) is 12.8. The third kappa shape index (κ3) is 3.79. The zero-order valence-electron chi connectivity index (χ0n) is 9.93. The highest BCUT2D eigenvalue weighted by Crippen LogP contribution is 2.06. The van der Waals surface area contributed by atoms with Crippen LogP contribution in [0.15, 0.2) is 24.3 Å². The Kier molecular flexibility index (Phi) is 4.51. The molecule has 0 unspecified atom stereocenters. The average molecular weight is 236 g/mol. The lowest BCUT2D eigenvalue weighted by Gasteiger charge is -2.17. The zero-order valence-corrected chi connectivity index (χ0v) is 9.93. The summed E-state index contributed by atoms with van der Waals surface area (Å²) in [6, 6.07) is 6.33. The van der Waals surface area contributed by atoms with Gasteiger partial charge in [-0.3, -0.25) is 0 Å². The number of hydrogen-bond donors (Lipinski definition) is 2. The molecule has 0 spiro atoms. The number of amides is 2. The molecule has 1 aromatic carbocycles. The van der Waals surface area contributed by atoms with E-state index in [0.717, 1.165) is 5.56 Å². The first-order valence-electron chi connectivity index (χ1n) is 5.35. The first-order chi connectivity index (χ1) is 8.04. The monoisotopic (exact) mass is 236 g/mol. The van der Waals surface area contributed by atoms with Crippen LogP contribution in [0.25, 0.3) is 0 Å². The highest BCUT2D eigenvalue weighted by atomic mass is 16.4. The smallest absolute Gasteiger partial charge is 0.335 e. The second-order valence-electron chi connectivity index (χ2n) is 3.69. The normalized spacial score (nSPS) is 9.76. The Morgan fingerprint density at radius 1 is 1.29 bits per heavy atom. The van der Waals surface area contributed by atoms with E-state index in [1.165, 1.54) is 12.1 Å². The molecule has 0 radical (unpaired) electrons. The van der Waals surface area contributed by atoms with Gasteiger partial charge in [-0.15, -0.1) is 0 Å². The molecule has 0 aliphatic carbocycles. The summed E-state index contributed by atoms with van der Waals surface area (Å²) in [4.78, 5) is 23.6. The van der Waals surface area contributed by atoms with Crippen molar-refractivity contribution >= 4 is 12.0 Å². The molecule has 92 valence electrons. The molecule has 2 amide bonds. The minimum Gasteiger partial charge on any atom is -0.478 e. The van der Waals surface area contributed by atoms with Crippen LogP contribution in [-0.2, 0) is 6.54 Å². The van der Waals surface area contributed by atoms with Crippen molar-refractivity contribution < 1.29 is 14.7 Å². The number of carbonyl (C=O) groups excluding carboxylic acids is 1. The second kappa shape index (κ2) is 5.89. The highest BCUT2D eigenvalue weighted by molar-refractivity contribution is 5.87. The van der Waals surface area contributed by atoms with Gasteiger partial charge in [0.05, 0.1) is 5.56 Å². The molecule has 0 fully saturated rings. The Bertz CT molecular complexity index is 401. The van der Waals surface area contributed by atoms with Gasteiger partial charge in [-0.2, -0.15) is 0 Å². The van der Waals surface area contributed by atoms with Crippen LogP contribution in [0.3, 0.4) is 0 Å². The lowest BCUT2D eigenvalue weighted by atomic mass is 10.1. The van der Waals surface area contributed by atoms with Crippen molar-refractivity contribution in [3.8, 4) is 0 Å². The number of carboxylic acids is 1. The Hall–Kier alpha value is -2.04. The van der Waals surface area contributed by atoms with Crippen LogP contribution in [0.2, 0.25) is 0 Å². The molecule has 5 nitrogen and oxygen atoms in total. The summed E-state index contributed by atoms with van der Waals surface area (Å²) in [6.07, 6.45) is 0. The summed E-state index contributed by atoms with van der Waals surface area (Å²) >= 11 is 0. The van der Waals surface area contributed by atoms with E-state index in [1.54, 1.807) is 24.1 Å². The van der Waals surface area contributed by atoms with E-state index < -0.39 is 5.97 Å². The molecule has 0 aliphatic heterocycles. The van der Waals surface area contributed by atoms with Gasteiger partial charge in [0, 0.05) is 20.1 Å². The summed E-state index contributed by atoms with van der Waals surface area (Å²) in [7, 11) is 1.69. The number of aromatic carboxylic acids is 1. The van der Waals surface area contributed by atoms with Gasteiger partial charge >= 0.3 is 12.0 Å². The van der Waals surface area contributed by atoms with E-state index in [2.05, 4.69) is 5.32 Å². The number of urea groups is 1. The van der Waals surface area contributed by atoms with Crippen molar-refractivity contribution in [2.45, 2.75) is 13.5 Å². The molecule has 1 rings (SSSR count). The SMILES string of the molecule is CCNC(=O)N(C)Cc1ccc(C(=O)O)cc1. The Morgan fingerprint density at radius 3 is 2.35 bits per heavy atom. The summed E-state index contributed by atoms with van der Waals surface area (Å²) in [5, 5.41) is 11.4. The molecule has 1 aromatic rings. The van der Waals surface area contributed by atoms with Crippen molar-refractivity contribution in [1.29, 1.82) is 0 Å². The van der Waals surface area contributed by atoms with Crippen molar-refractivity contribution in [3.05, 3.63) is 35.4 Å². The maximum atomic E-state index is 11.4. The predicted octanol–water partition coefficient (Wildman–Crippen LogP) is 1.55. The second-order valence-corrected chi connectivity index (χ2v) is 3.69. The van der Waals surface area contributed by atoms with Gasteiger partial charge < -0.3 is 15.3 Å². The van der Waals surface area contributed by atoms with Gasteiger partial charge in [-0.25, -0.2) is 9.59 Å². The van der Waals surface area contributed by atoms with Crippen molar-refractivity contribution in [1.82, 2.24) is 10.2 Å². The Labute approximate surface area is 100 Å². The van der Waals surface area contributed by atoms with Crippen LogP contribution in [0.5, 0.6) is 0 Å². The molecular weight excluding hydrogens is 220 g/mol. The van der Waals surface area contributed by atoms with Crippen LogP contribution in [0.4, 0.5) is 4.79 Å². The highest BCUT2D eigenvalue weighted by Gasteiger charge is 2.08. The number of rotatable bonds is 4. The van der Waals surface area contributed by atoms with Crippen LogP contribution in [0.1, 0.15) is 22.8 Å². The molecule has 0 atom stereocenters. The van der Waals surface area contributed by atoms with Crippen molar-refractivity contribution in [2.75, 3.05) is 13.6 Å². The van der Waals surface area contributed by atoms with Crippen LogP contribution in [0, 0.1) is 0 Å². The minimum atomic E-state index is -0.950. The fourth-order valence-electron chi connectivity index (χ4n) is 1.38. The minimum absolute atomic E-state index is 0.144. The lowest BCUT2D eigenvalue weighted by molar-refractivity contribution is 0.0697. The topological polar surface area (TPSA) is 69.6 Å². The van der Waals surface area contributed by atoms with Gasteiger partial charge in [0.1, 0.15) is 0 Å². The maximum Gasteiger partial charge on any atom is 0.335 e. The number of hydrogen-bond acceptors (Lipinski definition) is 2. The summed E-state index contributed by atoms with van der Waals surface area (Å²) in [5.41, 5.74) is 1.14. The number of benzene rings is 1. The fraction of sp³-hybridized carbons (Fsp3) is 0.333. The van der Waals surface area contributed by atoms with E-state index in [-0.39, 0.29) is 11.6 Å². The van der Waals surface area contributed by atoms with Crippen molar-refractivity contribution in [3.63, 3.8) is 0 Å². The van der Waals surface area contributed by atoms with E-state index in [9.17, 15) is 9.59 Å². The third-order valence-electron chi connectivity index (χ3n) is 2.30. The summed E-state index contributed by atoms with van der Waals surface area (Å²) in [5.74, 6) is -0.950. The Balaban J connectivity index is 2.63. The quantitative estimate of drug-likeness (QED) is 0.833. The summed E-state index contributed by atoms with van der Waals surface area (Å²) < 4.78 is 0. The number of nitrogens with zero attached hydrogens (tertiary/aromatic N) is 1. The molecule has 0 saturated carbocycles. The fourth-order valence-corrected chi connectivity index (χ4v) is 1.38. The molecule has 0 aliphatic rings. The number of carboxylic acid groups (broad SMARTS) is 1. The van der Waals surface area contributed by atoms with E-state index in [4.69, 9.17) is 5.11 Å². The first-order valence-corrected chi connectivity index (χ1v) is 5.35. The standard InChI is InChI=1S/C12H16N2O3/c1-3-13-12(17)14(2)8-9-4-6-10(7-5-9)11(15)16/h4-7H,3,8H2,1-2H3,(H,13,17)(H,15,16). The van der Waals surface area contributed by atoms with E-state index in [1.807, 2.05) is 6.92 Å². The molecule has 0 aromatic heterocycles. The van der Waals surface area contributed by atoms with Crippen LogP contribution in [-0.4, -0.2) is 35.6 Å². The largest absolute Gasteiger partial charge is 0.478 e. The average Bonchev–Trinajstić information content (AvgIpc) is 2.30. The molecule has 0 heterocycles. The molecule has 0 saturated heterocycles. The maximum absolute atomic E-state index is 11.4. The summed E-state index contributed by atoms with van der Waals surface area (Å²) in [6.45, 7) is 2.89. The third-order valence-corrected chi connectivity index (χ3v) is 2.30. The van der Waals surface area contributed by atoms with Gasteiger partial charge in [-0.1, -0.05) is 12.1 Å². The first kappa shape index (κ1) is 13.0. The van der Waals surface area contributed by atoms with Gasteiger partial charge in [0.2, 0.25) is 0 Å². The molecule has 2 N–H and O–H groups in total.